The second kappa shape index (κ2) is 7.52. The molecule has 4 heteroatoms. The van der Waals surface area contributed by atoms with Gasteiger partial charge in [0.05, 0.1) is 13.2 Å². The Morgan fingerprint density at radius 1 is 1.29 bits per heavy atom. The molecular formula is C3H9KO3. The largest absolute Gasteiger partial charge is 1.00 e. The van der Waals surface area contributed by atoms with Gasteiger partial charge in [0.25, 0.3) is 0 Å². The molecule has 0 aromatic carbocycles. The summed E-state index contributed by atoms with van der Waals surface area (Å²) in [6.07, 6.45) is -0.954. The van der Waals surface area contributed by atoms with Gasteiger partial charge < -0.3 is 16.7 Å². The molecule has 0 amide bonds. The van der Waals surface area contributed by atoms with Crippen LogP contribution in [0, 0.1) is 0 Å². The van der Waals surface area contributed by atoms with E-state index in [1.54, 1.807) is 0 Å². The van der Waals surface area contributed by atoms with Crippen molar-refractivity contribution < 1.29 is 68.1 Å². The Labute approximate surface area is 86.3 Å². The number of hydrogen-bond donors (Lipinski definition) is 3. The van der Waals surface area contributed by atoms with E-state index in [2.05, 4.69) is 0 Å². The van der Waals surface area contributed by atoms with Crippen LogP contribution in [0.5, 0.6) is 0 Å². The van der Waals surface area contributed by atoms with Gasteiger partial charge in [0.1, 0.15) is 6.10 Å². The van der Waals surface area contributed by atoms with Crippen LogP contribution < -0.4 is 51.4 Å². The average molecular weight is 132 g/mol. The summed E-state index contributed by atoms with van der Waals surface area (Å²) in [5, 5.41) is 24.0. The molecule has 3 nitrogen and oxygen atoms in total. The Balaban J connectivity index is -0.000000125. The van der Waals surface area contributed by atoms with Crippen molar-refractivity contribution in [1.29, 1.82) is 0 Å². The minimum Gasteiger partial charge on any atom is -1.00 e. The number of aliphatic hydroxyl groups is 3. The van der Waals surface area contributed by atoms with Crippen molar-refractivity contribution in [2.75, 3.05) is 13.2 Å². The SMILES string of the molecule is OCC(O)CO.[H-].[K+]. The molecule has 0 spiro atoms. The molecule has 0 bridgehead atoms. The van der Waals surface area contributed by atoms with Crippen molar-refractivity contribution in [1.82, 2.24) is 0 Å². The van der Waals surface area contributed by atoms with E-state index in [9.17, 15) is 0 Å². The van der Waals surface area contributed by atoms with Crippen molar-refractivity contribution in [2.45, 2.75) is 6.10 Å². The van der Waals surface area contributed by atoms with Gasteiger partial charge in [-0.05, 0) is 0 Å². The summed E-state index contributed by atoms with van der Waals surface area (Å²) in [6, 6.07) is 0. The van der Waals surface area contributed by atoms with Gasteiger partial charge in [-0.2, -0.15) is 0 Å². The Hall–Kier alpha value is 1.52. The first-order valence-corrected chi connectivity index (χ1v) is 1.71. The van der Waals surface area contributed by atoms with Gasteiger partial charge in [-0.1, -0.05) is 0 Å². The van der Waals surface area contributed by atoms with Crippen LogP contribution in [0.25, 0.3) is 0 Å². The zero-order chi connectivity index (χ0) is 4.99. The van der Waals surface area contributed by atoms with Gasteiger partial charge in [0.2, 0.25) is 0 Å². The molecule has 0 rings (SSSR count). The van der Waals surface area contributed by atoms with E-state index in [1.807, 2.05) is 0 Å². The minimum absolute atomic E-state index is 0. The summed E-state index contributed by atoms with van der Waals surface area (Å²) in [5.74, 6) is 0. The van der Waals surface area contributed by atoms with Gasteiger partial charge in [-0.3, -0.25) is 0 Å². The number of hydrogen-bond acceptors (Lipinski definition) is 3. The van der Waals surface area contributed by atoms with Gasteiger partial charge >= 0.3 is 51.4 Å². The van der Waals surface area contributed by atoms with Crippen molar-refractivity contribution in [2.24, 2.45) is 0 Å². The average Bonchev–Trinajstić information content (AvgIpc) is 1.65. The topological polar surface area (TPSA) is 60.7 Å². The fraction of sp³-hybridized carbons (Fsp3) is 1.00. The van der Waals surface area contributed by atoms with E-state index in [1.165, 1.54) is 0 Å². The molecule has 7 heavy (non-hydrogen) atoms. The van der Waals surface area contributed by atoms with Crippen molar-refractivity contribution in [3.8, 4) is 0 Å². The molecule has 0 aliphatic carbocycles. The van der Waals surface area contributed by atoms with E-state index < -0.39 is 6.10 Å². The summed E-state index contributed by atoms with van der Waals surface area (Å²) in [4.78, 5) is 0. The van der Waals surface area contributed by atoms with Gasteiger partial charge in [0, 0.05) is 0 Å². The van der Waals surface area contributed by atoms with Crippen LogP contribution in [0.2, 0.25) is 0 Å². The standard InChI is InChI=1S/C3H8O3.K.H/c4-1-3(6)2-5;;/h3-6H,1-2H2;;/q;+1;-1. The van der Waals surface area contributed by atoms with Crippen LogP contribution >= 0.6 is 0 Å². The summed E-state index contributed by atoms with van der Waals surface area (Å²) < 4.78 is 0. The molecular weight excluding hydrogens is 123 g/mol. The molecule has 0 fully saturated rings. The van der Waals surface area contributed by atoms with Crippen LogP contribution in [0.4, 0.5) is 0 Å². The maximum atomic E-state index is 8.17. The third-order valence-electron chi connectivity index (χ3n) is 0.421. The molecule has 0 radical (unpaired) electrons. The van der Waals surface area contributed by atoms with E-state index in [-0.39, 0.29) is 66.0 Å². The quantitative estimate of drug-likeness (QED) is 0.332. The second-order valence-electron chi connectivity index (χ2n) is 1.02. The summed E-state index contributed by atoms with van der Waals surface area (Å²) >= 11 is 0. The van der Waals surface area contributed by atoms with E-state index in [0.717, 1.165) is 0 Å². The molecule has 0 heterocycles. The second-order valence-corrected chi connectivity index (χ2v) is 1.02. The molecule has 0 aliphatic heterocycles. The Morgan fingerprint density at radius 2 is 1.57 bits per heavy atom. The normalized spacial score (nSPS) is 8.57. The Kier molecular flexibility index (Phi) is 12.2. The van der Waals surface area contributed by atoms with E-state index in [4.69, 9.17) is 15.3 Å². The zero-order valence-electron chi connectivity index (χ0n) is 5.33. The van der Waals surface area contributed by atoms with Gasteiger partial charge in [-0.25, -0.2) is 0 Å². The number of rotatable bonds is 2. The zero-order valence-corrected chi connectivity index (χ0v) is 7.46. The molecule has 40 valence electrons. The first kappa shape index (κ1) is 11.3. The summed E-state index contributed by atoms with van der Waals surface area (Å²) in [7, 11) is 0. The first-order valence-electron chi connectivity index (χ1n) is 1.71. The fourth-order valence-electron chi connectivity index (χ4n) is 0.0577. The molecule has 0 saturated heterocycles. The van der Waals surface area contributed by atoms with Crippen LogP contribution in [0.3, 0.4) is 0 Å². The van der Waals surface area contributed by atoms with Gasteiger partial charge in [0.15, 0.2) is 0 Å². The van der Waals surface area contributed by atoms with Crippen LogP contribution in [-0.4, -0.2) is 34.6 Å². The smallest absolute Gasteiger partial charge is 1.00 e. The third-order valence-corrected chi connectivity index (χ3v) is 0.421. The molecule has 0 aliphatic rings. The van der Waals surface area contributed by atoms with Crippen molar-refractivity contribution in [3.63, 3.8) is 0 Å². The Morgan fingerprint density at radius 3 is 1.57 bits per heavy atom. The van der Waals surface area contributed by atoms with Crippen molar-refractivity contribution >= 4 is 0 Å². The first-order chi connectivity index (χ1) is 2.81. The van der Waals surface area contributed by atoms with E-state index >= 15 is 0 Å². The monoisotopic (exact) mass is 132 g/mol. The Bertz CT molecular complexity index is 33.7. The molecule has 0 saturated carbocycles. The predicted molar refractivity (Wildman–Crippen MR) is 21.3 cm³/mol. The third kappa shape index (κ3) is 7.52. The predicted octanol–water partition coefficient (Wildman–Crippen LogP) is -4.55. The van der Waals surface area contributed by atoms with E-state index in [0.29, 0.717) is 0 Å². The fourth-order valence-corrected chi connectivity index (χ4v) is 0.0577. The molecule has 0 aromatic rings. The maximum Gasteiger partial charge on any atom is 1.00 e. The molecule has 0 unspecified atom stereocenters. The van der Waals surface area contributed by atoms with Crippen molar-refractivity contribution in [3.05, 3.63) is 0 Å². The molecule has 0 aromatic heterocycles. The maximum absolute atomic E-state index is 8.17. The van der Waals surface area contributed by atoms with Crippen LogP contribution in [0.15, 0.2) is 0 Å². The molecule has 0 atom stereocenters. The summed E-state index contributed by atoms with van der Waals surface area (Å²) in [5.41, 5.74) is 0. The minimum atomic E-state index is -0.954. The molecule has 3 N–H and O–H groups in total. The van der Waals surface area contributed by atoms with Crippen LogP contribution in [0.1, 0.15) is 1.43 Å². The van der Waals surface area contributed by atoms with Crippen LogP contribution in [-0.2, 0) is 0 Å². The van der Waals surface area contributed by atoms with Gasteiger partial charge in [-0.15, -0.1) is 0 Å². The number of aliphatic hydroxyl groups excluding tert-OH is 3. The summed E-state index contributed by atoms with van der Waals surface area (Å²) in [6.45, 7) is -0.729.